The van der Waals surface area contributed by atoms with Crippen LogP contribution in [0.2, 0.25) is 0 Å². The minimum atomic E-state index is -3.13. The molecule has 1 heterocycles. The van der Waals surface area contributed by atoms with Gasteiger partial charge in [0.1, 0.15) is 6.61 Å². The van der Waals surface area contributed by atoms with Crippen LogP contribution in [0.3, 0.4) is 0 Å². The zero-order chi connectivity index (χ0) is 24.2. The summed E-state index contributed by atoms with van der Waals surface area (Å²) in [5.41, 5.74) is 5.83. The largest absolute Gasteiger partial charge is 0.433 e. The number of alkyl halides is 2. The molecule has 186 valence electrons. The molecule has 2 saturated carbocycles. The van der Waals surface area contributed by atoms with Crippen molar-refractivity contribution in [1.29, 1.82) is 0 Å². The summed E-state index contributed by atoms with van der Waals surface area (Å²) in [6.45, 7) is -2.86. The third-order valence-corrected chi connectivity index (χ3v) is 6.94. The Bertz CT molecular complexity index is 909. The maximum absolute atomic E-state index is 13.1. The van der Waals surface area contributed by atoms with E-state index >= 15 is 0 Å². The van der Waals surface area contributed by atoms with Crippen molar-refractivity contribution in [2.45, 2.75) is 57.2 Å². The zero-order valence-corrected chi connectivity index (χ0v) is 18.8. The fraction of sp³-hybridized carbons (Fsp3) is 0.609. The zero-order valence-electron chi connectivity index (χ0n) is 18.8. The summed E-state index contributed by atoms with van der Waals surface area (Å²) in [7, 11) is 0. The molecule has 2 aliphatic carbocycles. The highest BCUT2D eigenvalue weighted by Gasteiger charge is 2.39. The van der Waals surface area contributed by atoms with Crippen molar-refractivity contribution in [1.82, 2.24) is 5.32 Å². The molecule has 11 heteroatoms. The van der Waals surface area contributed by atoms with E-state index in [1.54, 1.807) is 0 Å². The van der Waals surface area contributed by atoms with Gasteiger partial charge in [-0.15, -0.1) is 0 Å². The lowest BCUT2D eigenvalue weighted by atomic mass is 9.68. The summed E-state index contributed by atoms with van der Waals surface area (Å²) in [4.78, 5) is 38.6. The Morgan fingerprint density at radius 3 is 2.35 bits per heavy atom. The van der Waals surface area contributed by atoms with Crippen LogP contribution in [0.1, 0.15) is 38.5 Å². The van der Waals surface area contributed by atoms with Crippen LogP contribution in [-0.4, -0.2) is 56.2 Å². The fourth-order valence-corrected chi connectivity index (χ4v) is 4.73. The van der Waals surface area contributed by atoms with Gasteiger partial charge in [0.2, 0.25) is 5.91 Å². The van der Waals surface area contributed by atoms with Gasteiger partial charge in [0.25, 0.3) is 11.8 Å². The number of hydrogen-bond donors (Lipinski definition) is 3. The van der Waals surface area contributed by atoms with Crippen LogP contribution in [-0.2, 0) is 19.1 Å². The molecule has 4 rings (SSSR count). The molecule has 1 saturated heterocycles. The van der Waals surface area contributed by atoms with E-state index in [-0.39, 0.29) is 42.9 Å². The molecule has 0 bridgehead atoms. The van der Waals surface area contributed by atoms with Crippen LogP contribution in [0.4, 0.5) is 20.2 Å². The van der Waals surface area contributed by atoms with Crippen molar-refractivity contribution in [3.05, 3.63) is 18.2 Å². The number of hydrogen-bond acceptors (Lipinski definition) is 6. The first kappa shape index (κ1) is 24.3. The summed E-state index contributed by atoms with van der Waals surface area (Å²) in [6, 6.07) is 2.86. The van der Waals surface area contributed by atoms with Gasteiger partial charge in [-0.3, -0.25) is 19.7 Å². The van der Waals surface area contributed by atoms with Gasteiger partial charge in [-0.25, -0.2) is 0 Å². The minimum Gasteiger partial charge on any atom is -0.433 e. The van der Waals surface area contributed by atoms with Crippen molar-refractivity contribution in [3.8, 4) is 5.75 Å². The number of morpholine rings is 1. The summed E-state index contributed by atoms with van der Waals surface area (Å²) in [5, 5.41) is 5.77. The number of nitrogens with one attached hydrogen (secondary N) is 2. The van der Waals surface area contributed by atoms with Gasteiger partial charge < -0.3 is 25.4 Å². The van der Waals surface area contributed by atoms with Crippen molar-refractivity contribution < 1.29 is 32.6 Å². The highest BCUT2D eigenvalue weighted by molar-refractivity contribution is 6.09. The van der Waals surface area contributed by atoms with Crippen molar-refractivity contribution in [2.75, 3.05) is 30.0 Å². The summed E-state index contributed by atoms with van der Waals surface area (Å²) in [6.07, 6.45) is 6.48. The van der Waals surface area contributed by atoms with Crippen LogP contribution in [0.25, 0.3) is 0 Å². The van der Waals surface area contributed by atoms with E-state index in [1.807, 2.05) is 0 Å². The Kier molecular flexibility index (Phi) is 7.62. The van der Waals surface area contributed by atoms with Gasteiger partial charge in [0, 0.05) is 24.3 Å². The molecule has 3 aliphatic rings. The van der Waals surface area contributed by atoms with Gasteiger partial charge in [0.05, 0.1) is 12.3 Å². The van der Waals surface area contributed by atoms with Crippen LogP contribution in [0, 0.1) is 11.8 Å². The topological polar surface area (TPSA) is 123 Å². The van der Waals surface area contributed by atoms with E-state index < -0.39 is 30.4 Å². The van der Waals surface area contributed by atoms with Crippen LogP contribution < -0.4 is 26.0 Å². The van der Waals surface area contributed by atoms with E-state index in [2.05, 4.69) is 15.4 Å². The molecule has 0 radical (unpaired) electrons. The quantitative estimate of drug-likeness (QED) is 0.440. The number of nitrogens with two attached hydrogens (primary N) is 1. The van der Waals surface area contributed by atoms with Gasteiger partial charge in [-0.2, -0.15) is 8.78 Å². The van der Waals surface area contributed by atoms with Gasteiger partial charge in [0.15, 0.2) is 11.8 Å². The average molecular weight is 481 g/mol. The average Bonchev–Trinajstić information content (AvgIpc) is 2.69. The molecule has 1 aliphatic heterocycles. The number of anilines is 2. The maximum atomic E-state index is 13.1. The lowest BCUT2D eigenvalue weighted by Gasteiger charge is -2.44. The second-order valence-corrected chi connectivity index (χ2v) is 9.06. The van der Waals surface area contributed by atoms with E-state index in [9.17, 15) is 23.2 Å². The normalized spacial score (nSPS) is 20.1. The highest BCUT2D eigenvalue weighted by atomic mass is 19.3. The number of carbonyl (C=O) groups excluding carboxylic acids is 3. The number of benzene rings is 1. The van der Waals surface area contributed by atoms with E-state index in [0.717, 1.165) is 38.5 Å². The first-order valence-electron chi connectivity index (χ1n) is 11.7. The van der Waals surface area contributed by atoms with E-state index in [0.29, 0.717) is 11.8 Å². The molecular formula is C23H30F2N4O5. The van der Waals surface area contributed by atoms with Crippen LogP contribution >= 0.6 is 0 Å². The molecule has 9 nitrogen and oxygen atoms in total. The Morgan fingerprint density at radius 2 is 1.82 bits per heavy atom. The predicted octanol–water partition coefficient (Wildman–Crippen LogP) is 2.00. The Balaban J connectivity index is 1.50. The second-order valence-electron chi connectivity index (χ2n) is 9.06. The predicted molar refractivity (Wildman–Crippen MR) is 119 cm³/mol. The second kappa shape index (κ2) is 10.6. The Hall–Kier alpha value is -2.79. The molecule has 1 aromatic rings. The summed E-state index contributed by atoms with van der Waals surface area (Å²) in [5.74, 6) is -1.31. The number of carbonyl (C=O) groups is 3. The third kappa shape index (κ3) is 5.47. The first-order chi connectivity index (χ1) is 16.3. The number of nitrogens with zero attached hydrogens (tertiary/aromatic N) is 1. The molecular weight excluding hydrogens is 450 g/mol. The number of ether oxygens (including phenoxy) is 2. The highest BCUT2D eigenvalue weighted by Crippen LogP contribution is 2.40. The SMILES string of the molecule is NC(=O)[C@H](NC(C1CCC1)C1CCC1)C(=O)Nc1ccc(N2CCOCC2=O)c(OC(F)F)c1. The molecule has 1 atom stereocenters. The van der Waals surface area contributed by atoms with Crippen LogP contribution in [0.5, 0.6) is 5.75 Å². The fourth-order valence-electron chi connectivity index (χ4n) is 4.73. The van der Waals surface area contributed by atoms with Crippen molar-refractivity contribution >= 4 is 29.1 Å². The molecule has 34 heavy (non-hydrogen) atoms. The molecule has 0 unspecified atom stereocenters. The minimum absolute atomic E-state index is 0.0400. The van der Waals surface area contributed by atoms with Crippen molar-refractivity contribution in [2.24, 2.45) is 17.6 Å². The lowest BCUT2D eigenvalue weighted by molar-refractivity contribution is -0.129. The van der Waals surface area contributed by atoms with Crippen molar-refractivity contribution in [3.63, 3.8) is 0 Å². The Morgan fingerprint density at radius 1 is 1.15 bits per heavy atom. The molecule has 4 N–H and O–H groups in total. The maximum Gasteiger partial charge on any atom is 0.387 e. The molecule has 3 fully saturated rings. The standard InChI is InChI=1S/C23H30F2N4O5/c24-23(25)34-17-11-15(7-8-16(17)29-9-10-33-12-18(29)30)27-22(32)20(21(26)31)28-19(13-3-1-4-13)14-5-2-6-14/h7-8,11,13-14,19-20,23,28H,1-6,9-10,12H2,(H2,26,31)(H,27,32)/t20-/m0/s1. The van der Waals surface area contributed by atoms with Gasteiger partial charge in [-0.05, 0) is 49.7 Å². The monoisotopic (exact) mass is 480 g/mol. The molecule has 3 amide bonds. The molecule has 0 spiro atoms. The number of amides is 3. The lowest BCUT2D eigenvalue weighted by Crippen LogP contribution is -2.58. The van der Waals surface area contributed by atoms with E-state index in [4.69, 9.17) is 10.5 Å². The molecule has 0 aromatic heterocycles. The molecule has 1 aromatic carbocycles. The first-order valence-corrected chi connectivity index (χ1v) is 11.7. The summed E-state index contributed by atoms with van der Waals surface area (Å²) < 4.78 is 35.8. The van der Waals surface area contributed by atoms with Crippen LogP contribution in [0.15, 0.2) is 18.2 Å². The Labute approximate surface area is 196 Å². The van der Waals surface area contributed by atoms with Gasteiger partial charge in [-0.1, -0.05) is 12.8 Å². The number of halogens is 2. The van der Waals surface area contributed by atoms with E-state index in [1.165, 1.54) is 23.1 Å². The summed E-state index contributed by atoms with van der Waals surface area (Å²) >= 11 is 0. The van der Waals surface area contributed by atoms with Gasteiger partial charge >= 0.3 is 6.61 Å². The number of primary amides is 1. The smallest absolute Gasteiger partial charge is 0.387 e. The third-order valence-electron chi connectivity index (χ3n) is 6.94. The number of rotatable bonds is 10.